The highest BCUT2D eigenvalue weighted by Gasteiger charge is 2.58. The molecule has 1 fully saturated rings. The minimum absolute atomic E-state index is 0.159. The normalized spacial score (nSPS) is 32.1. The maximum atomic E-state index is 12.4. The summed E-state index contributed by atoms with van der Waals surface area (Å²) in [6, 6.07) is 0. The third-order valence-electron chi connectivity index (χ3n) is 3.79. The van der Waals surface area contributed by atoms with Gasteiger partial charge in [-0.05, 0) is 46.5 Å². The van der Waals surface area contributed by atoms with E-state index < -0.39 is 11.3 Å². The minimum Gasteiger partial charge on any atom is -0.463 e. The van der Waals surface area contributed by atoms with Gasteiger partial charge in [-0.2, -0.15) is 0 Å². The van der Waals surface area contributed by atoms with Gasteiger partial charge in [0, 0.05) is 0 Å². The third kappa shape index (κ3) is 2.53. The SMILES string of the molecule is CC(C)OC(=O)C1CC2C=CC1(C(=O)OC(C)C)C2. The van der Waals surface area contributed by atoms with Crippen molar-refractivity contribution in [2.24, 2.45) is 17.3 Å². The van der Waals surface area contributed by atoms with Crippen LogP contribution in [-0.2, 0) is 19.1 Å². The highest BCUT2D eigenvalue weighted by molar-refractivity contribution is 5.89. The van der Waals surface area contributed by atoms with E-state index in [9.17, 15) is 9.59 Å². The van der Waals surface area contributed by atoms with Crippen molar-refractivity contribution in [3.63, 3.8) is 0 Å². The van der Waals surface area contributed by atoms with E-state index in [1.807, 2.05) is 39.8 Å². The van der Waals surface area contributed by atoms with E-state index in [0.717, 1.165) is 0 Å². The number of hydrogen-bond acceptors (Lipinski definition) is 4. The highest BCUT2D eigenvalue weighted by Crippen LogP contribution is 2.54. The van der Waals surface area contributed by atoms with Crippen LogP contribution in [0.3, 0.4) is 0 Å². The first-order valence-corrected chi connectivity index (χ1v) is 6.96. The fraction of sp³-hybridized carbons (Fsp3) is 0.733. The zero-order chi connectivity index (χ0) is 14.2. The fourth-order valence-electron chi connectivity index (χ4n) is 3.05. The summed E-state index contributed by atoms with van der Waals surface area (Å²) in [5.74, 6) is -0.660. The van der Waals surface area contributed by atoms with Crippen LogP contribution in [0.1, 0.15) is 40.5 Å². The zero-order valence-corrected chi connectivity index (χ0v) is 12.0. The lowest BCUT2D eigenvalue weighted by atomic mass is 9.78. The number of carbonyl (C=O) groups is 2. The highest BCUT2D eigenvalue weighted by atomic mass is 16.6. The van der Waals surface area contributed by atoms with Crippen LogP contribution in [0.25, 0.3) is 0 Å². The Morgan fingerprint density at radius 1 is 1.16 bits per heavy atom. The Morgan fingerprint density at radius 2 is 1.79 bits per heavy atom. The van der Waals surface area contributed by atoms with E-state index in [1.165, 1.54) is 0 Å². The van der Waals surface area contributed by atoms with Gasteiger partial charge in [0.25, 0.3) is 0 Å². The van der Waals surface area contributed by atoms with Crippen molar-refractivity contribution >= 4 is 11.9 Å². The van der Waals surface area contributed by atoms with E-state index in [0.29, 0.717) is 18.8 Å². The molecule has 3 atom stereocenters. The topological polar surface area (TPSA) is 52.6 Å². The molecular weight excluding hydrogens is 244 g/mol. The second-order valence-corrected chi connectivity index (χ2v) is 6.09. The molecule has 2 aliphatic carbocycles. The number of allylic oxidation sites excluding steroid dienone is 1. The average Bonchev–Trinajstić information content (AvgIpc) is 2.85. The van der Waals surface area contributed by atoms with Gasteiger partial charge >= 0.3 is 11.9 Å². The first kappa shape index (κ1) is 14.1. The lowest BCUT2D eigenvalue weighted by Gasteiger charge is -2.29. The van der Waals surface area contributed by atoms with E-state index in [4.69, 9.17) is 9.47 Å². The summed E-state index contributed by atoms with van der Waals surface area (Å²) in [5.41, 5.74) is -0.791. The number of ether oxygens (including phenoxy) is 2. The van der Waals surface area contributed by atoms with Crippen molar-refractivity contribution in [2.75, 3.05) is 0 Å². The summed E-state index contributed by atoms with van der Waals surface area (Å²) < 4.78 is 10.6. The van der Waals surface area contributed by atoms with Gasteiger partial charge in [-0.3, -0.25) is 9.59 Å². The van der Waals surface area contributed by atoms with Gasteiger partial charge in [-0.15, -0.1) is 0 Å². The largest absolute Gasteiger partial charge is 0.463 e. The van der Waals surface area contributed by atoms with Crippen molar-refractivity contribution in [2.45, 2.75) is 52.7 Å². The Balaban J connectivity index is 2.18. The van der Waals surface area contributed by atoms with Crippen molar-refractivity contribution < 1.29 is 19.1 Å². The Hall–Kier alpha value is -1.32. The monoisotopic (exact) mass is 266 g/mol. The van der Waals surface area contributed by atoms with Crippen LogP contribution >= 0.6 is 0 Å². The van der Waals surface area contributed by atoms with Gasteiger partial charge in [0.1, 0.15) is 0 Å². The molecule has 19 heavy (non-hydrogen) atoms. The molecule has 0 amide bonds. The van der Waals surface area contributed by atoms with Crippen molar-refractivity contribution in [1.82, 2.24) is 0 Å². The Kier molecular flexibility index (Phi) is 3.70. The number of hydrogen-bond donors (Lipinski definition) is 0. The standard InChI is InChI=1S/C15H22O4/c1-9(2)18-13(16)12-7-11-5-6-15(12,8-11)14(17)19-10(3)4/h5-6,9-12H,7-8H2,1-4H3. The van der Waals surface area contributed by atoms with Crippen LogP contribution in [0.5, 0.6) is 0 Å². The predicted molar refractivity (Wildman–Crippen MR) is 70.2 cm³/mol. The average molecular weight is 266 g/mol. The molecular formula is C15H22O4. The van der Waals surface area contributed by atoms with Crippen LogP contribution in [0.2, 0.25) is 0 Å². The first-order valence-electron chi connectivity index (χ1n) is 6.96. The molecule has 2 aliphatic rings. The third-order valence-corrected chi connectivity index (χ3v) is 3.79. The van der Waals surface area contributed by atoms with Crippen LogP contribution in [0.15, 0.2) is 12.2 Å². The summed E-state index contributed by atoms with van der Waals surface area (Å²) in [5, 5.41) is 0. The summed E-state index contributed by atoms with van der Waals surface area (Å²) >= 11 is 0. The molecule has 0 aromatic carbocycles. The maximum Gasteiger partial charge on any atom is 0.317 e. The molecule has 0 spiro atoms. The molecule has 0 aromatic heterocycles. The molecule has 0 aliphatic heterocycles. The molecule has 2 rings (SSSR count). The lowest BCUT2D eigenvalue weighted by molar-refractivity contribution is -0.168. The van der Waals surface area contributed by atoms with E-state index in [-0.39, 0.29) is 24.1 Å². The van der Waals surface area contributed by atoms with Gasteiger partial charge in [0.15, 0.2) is 0 Å². The van der Waals surface area contributed by atoms with Crippen LogP contribution < -0.4 is 0 Å². The van der Waals surface area contributed by atoms with Gasteiger partial charge < -0.3 is 9.47 Å². The van der Waals surface area contributed by atoms with Crippen LogP contribution in [-0.4, -0.2) is 24.1 Å². The summed E-state index contributed by atoms with van der Waals surface area (Å²) in [6.45, 7) is 7.28. The van der Waals surface area contributed by atoms with E-state index in [1.54, 1.807) is 0 Å². The lowest BCUT2D eigenvalue weighted by Crippen LogP contribution is -2.40. The summed E-state index contributed by atoms with van der Waals surface area (Å²) in [4.78, 5) is 24.5. The molecule has 106 valence electrons. The minimum atomic E-state index is -0.791. The second-order valence-electron chi connectivity index (χ2n) is 6.09. The smallest absolute Gasteiger partial charge is 0.317 e. The van der Waals surface area contributed by atoms with E-state index >= 15 is 0 Å². The number of rotatable bonds is 4. The molecule has 0 N–H and O–H groups in total. The van der Waals surface area contributed by atoms with Gasteiger partial charge in [-0.1, -0.05) is 12.2 Å². The summed E-state index contributed by atoms with van der Waals surface area (Å²) in [6.07, 6.45) is 4.93. The Bertz CT molecular complexity index is 410. The van der Waals surface area contributed by atoms with Gasteiger partial charge in [-0.25, -0.2) is 0 Å². The van der Waals surface area contributed by atoms with Crippen molar-refractivity contribution in [3.05, 3.63) is 12.2 Å². The summed E-state index contributed by atoms with van der Waals surface area (Å²) in [7, 11) is 0. The maximum absolute atomic E-state index is 12.4. The Labute approximate surface area is 114 Å². The quantitative estimate of drug-likeness (QED) is 0.579. The fourth-order valence-corrected chi connectivity index (χ4v) is 3.05. The first-order chi connectivity index (χ1) is 8.85. The number of fused-ring (bicyclic) bond motifs is 2. The zero-order valence-electron chi connectivity index (χ0n) is 12.0. The second kappa shape index (κ2) is 4.99. The predicted octanol–water partition coefficient (Wildman–Crippen LogP) is 2.47. The molecule has 0 heterocycles. The van der Waals surface area contributed by atoms with Crippen LogP contribution in [0, 0.1) is 17.3 Å². The molecule has 0 saturated heterocycles. The van der Waals surface area contributed by atoms with E-state index in [2.05, 4.69) is 0 Å². The number of esters is 2. The molecule has 0 aromatic rings. The molecule has 0 radical (unpaired) electrons. The molecule has 4 nitrogen and oxygen atoms in total. The Morgan fingerprint density at radius 3 is 2.32 bits per heavy atom. The van der Waals surface area contributed by atoms with Gasteiger partial charge in [0.05, 0.1) is 23.5 Å². The van der Waals surface area contributed by atoms with Crippen molar-refractivity contribution in [1.29, 1.82) is 0 Å². The number of carbonyl (C=O) groups excluding carboxylic acids is 2. The molecule has 2 bridgehead atoms. The molecule has 1 saturated carbocycles. The van der Waals surface area contributed by atoms with Gasteiger partial charge in [0.2, 0.25) is 0 Å². The molecule has 4 heteroatoms. The van der Waals surface area contributed by atoms with Crippen molar-refractivity contribution in [3.8, 4) is 0 Å². The van der Waals surface area contributed by atoms with Crippen LogP contribution in [0.4, 0.5) is 0 Å². The molecule has 3 unspecified atom stereocenters.